The standard InChI is InChI=1S/C19H20F2N2O3S/c20-16-6-2-1-5-14(16)9-10-22-19(24)15-7-8-17(21)18(13-15)27(25,26)23-11-3-4-12-23/h1-2,5-8,13H,3-4,9-12H2,(H,22,24). The molecule has 144 valence electrons. The summed E-state index contributed by atoms with van der Waals surface area (Å²) in [6.07, 6.45) is 1.76. The Morgan fingerprint density at radius 2 is 1.74 bits per heavy atom. The molecule has 1 aliphatic heterocycles. The minimum Gasteiger partial charge on any atom is -0.352 e. The Hall–Kier alpha value is -2.32. The van der Waals surface area contributed by atoms with E-state index in [1.54, 1.807) is 18.2 Å². The highest BCUT2D eigenvalue weighted by atomic mass is 32.2. The first-order valence-electron chi connectivity index (χ1n) is 8.71. The van der Waals surface area contributed by atoms with Gasteiger partial charge >= 0.3 is 0 Å². The number of nitrogens with zero attached hydrogens (tertiary/aromatic N) is 1. The maximum Gasteiger partial charge on any atom is 0.251 e. The Bertz CT molecular complexity index is 942. The van der Waals surface area contributed by atoms with E-state index in [9.17, 15) is 22.0 Å². The van der Waals surface area contributed by atoms with Gasteiger partial charge in [-0.3, -0.25) is 4.79 Å². The summed E-state index contributed by atoms with van der Waals surface area (Å²) in [6, 6.07) is 9.52. The van der Waals surface area contributed by atoms with Crippen molar-refractivity contribution in [2.24, 2.45) is 0 Å². The first-order valence-corrected chi connectivity index (χ1v) is 10.1. The second-order valence-corrected chi connectivity index (χ2v) is 8.26. The molecule has 3 rings (SSSR count). The molecule has 0 aromatic heterocycles. The molecule has 0 aliphatic carbocycles. The number of amides is 1. The third-order valence-corrected chi connectivity index (χ3v) is 6.43. The fourth-order valence-corrected chi connectivity index (χ4v) is 4.63. The zero-order valence-corrected chi connectivity index (χ0v) is 15.4. The van der Waals surface area contributed by atoms with Crippen LogP contribution in [0.5, 0.6) is 0 Å². The lowest BCUT2D eigenvalue weighted by Crippen LogP contribution is -2.30. The van der Waals surface area contributed by atoms with Gasteiger partial charge in [0.2, 0.25) is 10.0 Å². The van der Waals surface area contributed by atoms with Gasteiger partial charge in [0.05, 0.1) is 0 Å². The first kappa shape index (κ1) is 19.4. The quantitative estimate of drug-likeness (QED) is 0.819. The van der Waals surface area contributed by atoms with Gasteiger partial charge in [0.1, 0.15) is 16.5 Å². The van der Waals surface area contributed by atoms with Crippen LogP contribution in [0.3, 0.4) is 0 Å². The zero-order valence-electron chi connectivity index (χ0n) is 14.6. The lowest BCUT2D eigenvalue weighted by Gasteiger charge is -2.16. The summed E-state index contributed by atoms with van der Waals surface area (Å²) in [6.45, 7) is 0.868. The minimum absolute atomic E-state index is 0.0442. The highest BCUT2D eigenvalue weighted by Crippen LogP contribution is 2.24. The van der Waals surface area contributed by atoms with Crippen molar-refractivity contribution in [3.63, 3.8) is 0 Å². The van der Waals surface area contributed by atoms with Crippen LogP contribution in [0.4, 0.5) is 8.78 Å². The van der Waals surface area contributed by atoms with Crippen LogP contribution in [0.1, 0.15) is 28.8 Å². The van der Waals surface area contributed by atoms with Crippen LogP contribution >= 0.6 is 0 Å². The Morgan fingerprint density at radius 3 is 2.44 bits per heavy atom. The Labute approximate surface area is 157 Å². The van der Waals surface area contributed by atoms with Crippen molar-refractivity contribution in [2.45, 2.75) is 24.2 Å². The molecule has 0 saturated carbocycles. The molecule has 5 nitrogen and oxygen atoms in total. The fraction of sp³-hybridized carbons (Fsp3) is 0.316. The molecule has 1 heterocycles. The first-order chi connectivity index (χ1) is 12.9. The van der Waals surface area contributed by atoms with E-state index in [0.717, 1.165) is 25.0 Å². The molecule has 1 aliphatic rings. The maximum absolute atomic E-state index is 14.1. The summed E-state index contributed by atoms with van der Waals surface area (Å²) in [7, 11) is -3.97. The van der Waals surface area contributed by atoms with Gasteiger partial charge < -0.3 is 5.32 Å². The number of hydrogen-bond donors (Lipinski definition) is 1. The molecule has 0 bridgehead atoms. The average Bonchev–Trinajstić information content (AvgIpc) is 3.19. The number of carbonyl (C=O) groups is 1. The maximum atomic E-state index is 14.1. The molecule has 2 aromatic rings. The predicted molar refractivity (Wildman–Crippen MR) is 96.8 cm³/mol. The molecule has 0 spiro atoms. The Kier molecular flexibility index (Phi) is 5.86. The molecule has 2 aromatic carbocycles. The van der Waals surface area contributed by atoms with E-state index in [1.165, 1.54) is 16.4 Å². The van der Waals surface area contributed by atoms with Crippen molar-refractivity contribution < 1.29 is 22.0 Å². The van der Waals surface area contributed by atoms with E-state index in [2.05, 4.69) is 5.32 Å². The predicted octanol–water partition coefficient (Wildman–Crippen LogP) is 2.72. The summed E-state index contributed by atoms with van der Waals surface area (Å²) >= 11 is 0. The second kappa shape index (κ2) is 8.14. The molecular weight excluding hydrogens is 374 g/mol. The average molecular weight is 394 g/mol. The molecule has 0 unspecified atom stereocenters. The third kappa shape index (κ3) is 4.33. The van der Waals surface area contributed by atoms with Crippen LogP contribution < -0.4 is 5.32 Å². The molecule has 1 saturated heterocycles. The van der Waals surface area contributed by atoms with E-state index in [0.29, 0.717) is 25.1 Å². The summed E-state index contributed by atoms with van der Waals surface area (Å²) in [5.41, 5.74) is 0.511. The number of sulfonamides is 1. The van der Waals surface area contributed by atoms with Crippen molar-refractivity contribution >= 4 is 15.9 Å². The van der Waals surface area contributed by atoms with Crippen LogP contribution in [0.15, 0.2) is 47.4 Å². The number of halogens is 2. The van der Waals surface area contributed by atoms with Crippen LogP contribution in [0.25, 0.3) is 0 Å². The number of rotatable bonds is 6. The van der Waals surface area contributed by atoms with Gasteiger partial charge in [0, 0.05) is 25.2 Å². The molecule has 1 fully saturated rings. The van der Waals surface area contributed by atoms with E-state index in [1.807, 2.05) is 0 Å². The topological polar surface area (TPSA) is 66.5 Å². The van der Waals surface area contributed by atoms with Gasteiger partial charge in [-0.2, -0.15) is 4.31 Å². The Morgan fingerprint density at radius 1 is 1.04 bits per heavy atom. The monoisotopic (exact) mass is 394 g/mol. The van der Waals surface area contributed by atoms with Crippen molar-refractivity contribution in [1.29, 1.82) is 0 Å². The fourth-order valence-electron chi connectivity index (χ4n) is 3.02. The molecule has 27 heavy (non-hydrogen) atoms. The summed E-state index contributed by atoms with van der Waals surface area (Å²) < 4.78 is 54.1. The highest BCUT2D eigenvalue weighted by Gasteiger charge is 2.30. The lowest BCUT2D eigenvalue weighted by molar-refractivity contribution is 0.0953. The van der Waals surface area contributed by atoms with E-state index in [-0.39, 0.29) is 17.9 Å². The van der Waals surface area contributed by atoms with Crippen LogP contribution in [0.2, 0.25) is 0 Å². The normalized spacial score (nSPS) is 15.0. The van der Waals surface area contributed by atoms with Crippen LogP contribution in [-0.4, -0.2) is 38.3 Å². The molecule has 1 N–H and O–H groups in total. The second-order valence-electron chi connectivity index (χ2n) is 6.35. The number of carbonyl (C=O) groups excluding carboxylic acids is 1. The van der Waals surface area contributed by atoms with Crippen molar-refractivity contribution in [3.8, 4) is 0 Å². The van der Waals surface area contributed by atoms with Gasteiger partial charge in [0.15, 0.2) is 0 Å². The summed E-state index contributed by atoms with van der Waals surface area (Å²) in [4.78, 5) is 11.8. The molecule has 1 amide bonds. The van der Waals surface area contributed by atoms with E-state index in [4.69, 9.17) is 0 Å². The molecule has 0 radical (unpaired) electrons. The van der Waals surface area contributed by atoms with Gasteiger partial charge in [-0.1, -0.05) is 18.2 Å². The molecular formula is C19H20F2N2O3S. The Balaban J connectivity index is 1.71. The number of nitrogens with one attached hydrogen (secondary N) is 1. The largest absolute Gasteiger partial charge is 0.352 e. The van der Waals surface area contributed by atoms with Gasteiger partial charge in [-0.25, -0.2) is 17.2 Å². The molecule has 0 atom stereocenters. The van der Waals surface area contributed by atoms with Crippen LogP contribution in [0, 0.1) is 11.6 Å². The van der Waals surface area contributed by atoms with Gasteiger partial charge in [-0.15, -0.1) is 0 Å². The smallest absolute Gasteiger partial charge is 0.251 e. The number of hydrogen-bond acceptors (Lipinski definition) is 3. The van der Waals surface area contributed by atoms with Crippen molar-refractivity contribution in [2.75, 3.05) is 19.6 Å². The molecule has 8 heteroatoms. The zero-order chi connectivity index (χ0) is 19.4. The third-order valence-electron chi connectivity index (χ3n) is 4.51. The summed E-state index contributed by atoms with van der Waals surface area (Å²) in [5, 5.41) is 2.61. The van der Waals surface area contributed by atoms with Gasteiger partial charge in [-0.05, 0) is 49.1 Å². The van der Waals surface area contributed by atoms with E-state index >= 15 is 0 Å². The van der Waals surface area contributed by atoms with Crippen LogP contribution in [-0.2, 0) is 16.4 Å². The van der Waals surface area contributed by atoms with E-state index < -0.39 is 26.6 Å². The summed E-state index contributed by atoms with van der Waals surface area (Å²) in [5.74, 6) is -1.78. The number of benzene rings is 2. The lowest BCUT2D eigenvalue weighted by atomic mass is 10.1. The van der Waals surface area contributed by atoms with Gasteiger partial charge in [0.25, 0.3) is 5.91 Å². The SMILES string of the molecule is O=C(NCCc1ccccc1F)c1ccc(F)c(S(=O)(=O)N2CCCC2)c1. The minimum atomic E-state index is -3.97. The highest BCUT2D eigenvalue weighted by molar-refractivity contribution is 7.89. The van der Waals surface area contributed by atoms with Crippen molar-refractivity contribution in [1.82, 2.24) is 9.62 Å². The van der Waals surface area contributed by atoms with Crippen molar-refractivity contribution in [3.05, 3.63) is 65.2 Å².